The summed E-state index contributed by atoms with van der Waals surface area (Å²) in [4.78, 5) is 9.47. The maximum atomic E-state index is 12.6. The molecule has 2 heterocycles. The highest BCUT2D eigenvalue weighted by atomic mass is 35.5. The number of aromatic nitrogens is 3. The lowest BCUT2D eigenvalue weighted by Gasteiger charge is -2.09. The number of hydrogen-bond donors (Lipinski definition) is 1. The molecule has 0 radical (unpaired) electrons. The zero-order valence-electron chi connectivity index (χ0n) is 13.9. The molecule has 0 amide bonds. The van der Waals surface area contributed by atoms with Crippen LogP contribution in [0.4, 0.5) is 5.13 Å². The number of pyridine rings is 1. The van der Waals surface area contributed by atoms with Gasteiger partial charge in [0.05, 0.1) is 10.1 Å². The molecule has 1 unspecified atom stereocenters. The van der Waals surface area contributed by atoms with E-state index in [1.807, 2.05) is 19.1 Å². The average molecular weight is 427 g/mol. The number of nitrogens with one attached hydrogen (secondary N) is 1. The molecule has 0 fully saturated rings. The van der Waals surface area contributed by atoms with Crippen molar-refractivity contribution in [3.05, 3.63) is 59.1 Å². The maximum Gasteiger partial charge on any atom is 0.264 e. The second kappa shape index (κ2) is 7.91. The molecule has 136 valence electrons. The molecule has 1 atom stereocenters. The fourth-order valence-corrected chi connectivity index (χ4v) is 5.51. The molecule has 1 N–H and O–H groups in total. The number of anilines is 1. The van der Waals surface area contributed by atoms with Gasteiger partial charge in [-0.3, -0.25) is 9.71 Å². The Bertz CT molecular complexity index is 1010. The molecule has 2 aromatic heterocycles. The van der Waals surface area contributed by atoms with E-state index in [1.165, 1.54) is 6.07 Å². The highest BCUT2D eigenvalue weighted by Crippen LogP contribution is 2.34. The summed E-state index contributed by atoms with van der Waals surface area (Å²) in [6.07, 6.45) is 3.44. The van der Waals surface area contributed by atoms with Gasteiger partial charge in [0.2, 0.25) is 5.13 Å². The molecule has 0 spiro atoms. The minimum Gasteiger partial charge on any atom is -0.265 e. The van der Waals surface area contributed by atoms with E-state index in [-0.39, 0.29) is 15.3 Å². The normalized spacial score (nSPS) is 12.7. The standard InChI is InChI=1S/C16H15ClN4O2S3/c1-10-13(17)4-3-5-14(10)26(22,23)21-16-19-15(20-25-16)11(2)24-12-6-8-18-9-7-12/h3-9,11H,1-2H3,(H,19,20,21). The maximum absolute atomic E-state index is 12.6. The summed E-state index contributed by atoms with van der Waals surface area (Å²) < 4.78 is 32.0. The van der Waals surface area contributed by atoms with Gasteiger partial charge in [0.25, 0.3) is 10.0 Å². The lowest BCUT2D eigenvalue weighted by Crippen LogP contribution is -2.14. The molecule has 1 aromatic carbocycles. The number of thioether (sulfide) groups is 1. The predicted octanol–water partition coefficient (Wildman–Crippen LogP) is 4.55. The molecule has 6 nitrogen and oxygen atoms in total. The Hall–Kier alpha value is -1.68. The van der Waals surface area contributed by atoms with Crippen LogP contribution in [0.15, 0.2) is 52.5 Å². The van der Waals surface area contributed by atoms with Crippen LogP contribution in [0.25, 0.3) is 0 Å². The summed E-state index contributed by atoms with van der Waals surface area (Å²) in [6.45, 7) is 3.63. The predicted molar refractivity (Wildman–Crippen MR) is 105 cm³/mol. The fourth-order valence-electron chi connectivity index (χ4n) is 2.16. The highest BCUT2D eigenvalue weighted by molar-refractivity contribution is 7.99. The lowest BCUT2D eigenvalue weighted by molar-refractivity contribution is 0.600. The third-order valence-electron chi connectivity index (χ3n) is 3.50. The van der Waals surface area contributed by atoms with Crippen molar-refractivity contribution >= 4 is 50.1 Å². The first kappa shape index (κ1) is 19.1. The van der Waals surface area contributed by atoms with Gasteiger partial charge in [-0.25, -0.2) is 13.4 Å². The third kappa shape index (κ3) is 4.35. The minimum absolute atomic E-state index is 0.0280. The van der Waals surface area contributed by atoms with Gasteiger partial charge in [0.15, 0.2) is 5.82 Å². The second-order valence-corrected chi connectivity index (χ2v) is 9.59. The van der Waals surface area contributed by atoms with E-state index in [2.05, 4.69) is 19.1 Å². The highest BCUT2D eigenvalue weighted by Gasteiger charge is 2.21. The summed E-state index contributed by atoms with van der Waals surface area (Å²) in [7, 11) is -3.78. The van der Waals surface area contributed by atoms with Crippen molar-refractivity contribution in [2.24, 2.45) is 0 Å². The Balaban J connectivity index is 1.76. The Morgan fingerprint density at radius 3 is 2.69 bits per heavy atom. The van der Waals surface area contributed by atoms with Crippen LogP contribution in [-0.4, -0.2) is 22.8 Å². The van der Waals surface area contributed by atoms with Gasteiger partial charge in [-0.2, -0.15) is 4.37 Å². The number of sulfonamides is 1. The first-order valence-electron chi connectivity index (χ1n) is 7.55. The Kier molecular flexibility index (Phi) is 5.81. The SMILES string of the molecule is Cc1c(Cl)cccc1S(=O)(=O)Nc1nc(C(C)Sc2ccncc2)ns1. The Morgan fingerprint density at radius 1 is 1.23 bits per heavy atom. The monoisotopic (exact) mass is 426 g/mol. The van der Waals surface area contributed by atoms with Crippen LogP contribution in [0.2, 0.25) is 5.02 Å². The van der Waals surface area contributed by atoms with Gasteiger partial charge >= 0.3 is 0 Å². The van der Waals surface area contributed by atoms with E-state index >= 15 is 0 Å². The Morgan fingerprint density at radius 2 is 1.96 bits per heavy atom. The molecule has 0 saturated carbocycles. The smallest absolute Gasteiger partial charge is 0.264 e. The third-order valence-corrected chi connectivity index (χ3v) is 7.27. The number of halogens is 1. The van der Waals surface area contributed by atoms with Crippen molar-refractivity contribution in [2.75, 3.05) is 4.72 Å². The van der Waals surface area contributed by atoms with Crippen LogP contribution in [0.1, 0.15) is 23.6 Å². The van der Waals surface area contributed by atoms with Gasteiger partial charge in [0.1, 0.15) is 0 Å². The summed E-state index contributed by atoms with van der Waals surface area (Å²) in [6, 6.07) is 8.56. The van der Waals surface area contributed by atoms with Crippen molar-refractivity contribution in [3.63, 3.8) is 0 Å². The Labute approximate surface area is 165 Å². The average Bonchev–Trinajstić information content (AvgIpc) is 3.06. The molecule has 0 aliphatic heterocycles. The summed E-state index contributed by atoms with van der Waals surface area (Å²) in [5, 5.41) is 0.592. The van der Waals surface area contributed by atoms with Gasteiger partial charge in [0, 0.05) is 33.8 Å². The van der Waals surface area contributed by atoms with Gasteiger partial charge < -0.3 is 0 Å². The number of hydrogen-bond acceptors (Lipinski definition) is 7. The van der Waals surface area contributed by atoms with Crippen LogP contribution >= 0.6 is 34.9 Å². The number of rotatable bonds is 6. The van der Waals surface area contributed by atoms with Gasteiger partial charge in [-0.05, 0) is 43.7 Å². The second-order valence-electron chi connectivity index (χ2n) is 5.37. The van der Waals surface area contributed by atoms with E-state index in [0.29, 0.717) is 16.4 Å². The van der Waals surface area contributed by atoms with Crippen LogP contribution in [0, 0.1) is 6.92 Å². The fraction of sp³-hybridized carbons (Fsp3) is 0.188. The molecule has 3 rings (SSSR count). The molecule has 0 saturated heterocycles. The zero-order chi connectivity index (χ0) is 18.7. The largest absolute Gasteiger partial charge is 0.265 e. The van der Waals surface area contributed by atoms with Crippen molar-refractivity contribution in [1.29, 1.82) is 0 Å². The van der Waals surface area contributed by atoms with Crippen molar-refractivity contribution in [1.82, 2.24) is 14.3 Å². The molecule has 0 bridgehead atoms. The van der Waals surface area contributed by atoms with Gasteiger partial charge in [-0.1, -0.05) is 17.7 Å². The first-order valence-corrected chi connectivity index (χ1v) is 11.1. The molecular formula is C16H15ClN4O2S3. The summed E-state index contributed by atoms with van der Waals surface area (Å²) in [5.74, 6) is 0.567. The topological polar surface area (TPSA) is 84.8 Å². The number of benzene rings is 1. The molecule has 3 aromatic rings. The van der Waals surface area contributed by atoms with E-state index in [4.69, 9.17) is 11.6 Å². The van der Waals surface area contributed by atoms with Crippen LogP contribution in [0.5, 0.6) is 0 Å². The molecule has 0 aliphatic carbocycles. The summed E-state index contributed by atoms with van der Waals surface area (Å²) in [5.41, 5.74) is 0.494. The van der Waals surface area contributed by atoms with Crippen molar-refractivity contribution in [2.45, 2.75) is 28.9 Å². The van der Waals surface area contributed by atoms with Crippen LogP contribution in [0.3, 0.4) is 0 Å². The van der Waals surface area contributed by atoms with E-state index in [9.17, 15) is 8.42 Å². The van der Waals surface area contributed by atoms with Crippen LogP contribution < -0.4 is 4.72 Å². The van der Waals surface area contributed by atoms with E-state index in [0.717, 1.165) is 16.4 Å². The molecule has 0 aliphatic rings. The quantitative estimate of drug-likeness (QED) is 0.582. The molecule has 10 heteroatoms. The van der Waals surface area contributed by atoms with E-state index in [1.54, 1.807) is 43.2 Å². The van der Waals surface area contributed by atoms with E-state index < -0.39 is 10.0 Å². The zero-order valence-corrected chi connectivity index (χ0v) is 17.1. The lowest BCUT2D eigenvalue weighted by atomic mass is 10.2. The van der Waals surface area contributed by atoms with Crippen molar-refractivity contribution in [3.8, 4) is 0 Å². The van der Waals surface area contributed by atoms with Crippen molar-refractivity contribution < 1.29 is 8.42 Å². The minimum atomic E-state index is -3.78. The first-order chi connectivity index (χ1) is 12.4. The summed E-state index contributed by atoms with van der Waals surface area (Å²) >= 11 is 8.61. The number of nitrogens with zero attached hydrogens (tertiary/aromatic N) is 3. The molecule has 26 heavy (non-hydrogen) atoms. The molecular weight excluding hydrogens is 412 g/mol. The van der Waals surface area contributed by atoms with Gasteiger partial charge in [-0.15, -0.1) is 11.8 Å². The van der Waals surface area contributed by atoms with Crippen LogP contribution in [-0.2, 0) is 10.0 Å².